The molecule has 0 bridgehead atoms. The predicted octanol–water partition coefficient (Wildman–Crippen LogP) is 2.14. The van der Waals surface area contributed by atoms with Crippen molar-refractivity contribution in [1.29, 1.82) is 0 Å². The van der Waals surface area contributed by atoms with Gasteiger partial charge in [0, 0.05) is 20.3 Å². The van der Waals surface area contributed by atoms with Crippen LogP contribution in [-0.4, -0.2) is 34.9 Å². The number of esters is 1. The van der Waals surface area contributed by atoms with Gasteiger partial charge < -0.3 is 13.6 Å². The van der Waals surface area contributed by atoms with Crippen LogP contribution in [0.25, 0.3) is 0 Å². The summed E-state index contributed by atoms with van der Waals surface area (Å²) in [7, 11) is 0.879. The van der Waals surface area contributed by atoms with Gasteiger partial charge in [0.25, 0.3) is 0 Å². The molecule has 0 heterocycles. The highest BCUT2D eigenvalue weighted by molar-refractivity contribution is 6.81. The summed E-state index contributed by atoms with van der Waals surface area (Å²) in [6.45, 7) is 5.25. The summed E-state index contributed by atoms with van der Waals surface area (Å²) in [5.74, 6) is -0.403. The van der Waals surface area contributed by atoms with Gasteiger partial charge in [-0.1, -0.05) is 36.9 Å². The number of carbonyl (C=O) groups is 1. The average molecular weight is 294 g/mol. The fourth-order valence-electron chi connectivity index (χ4n) is 2.06. The lowest BCUT2D eigenvalue weighted by molar-refractivity contribution is -0.142. The minimum Gasteiger partial charge on any atom is -0.460 e. The maximum Gasteiger partial charge on any atom is 0.372 e. The van der Waals surface area contributed by atoms with Crippen molar-refractivity contribution < 1.29 is 18.4 Å². The van der Waals surface area contributed by atoms with Gasteiger partial charge in [-0.15, -0.1) is 0 Å². The van der Waals surface area contributed by atoms with Crippen molar-refractivity contribution in [2.45, 2.75) is 25.5 Å². The zero-order chi connectivity index (χ0) is 15.0. The second-order valence-electron chi connectivity index (χ2n) is 4.52. The van der Waals surface area contributed by atoms with E-state index < -0.39 is 14.5 Å². The Balaban J connectivity index is 2.73. The molecule has 1 rings (SSSR count). The van der Waals surface area contributed by atoms with Crippen LogP contribution in [0, 0.1) is 0 Å². The summed E-state index contributed by atoms with van der Waals surface area (Å²) in [6, 6.07) is 10.6. The lowest BCUT2D eigenvalue weighted by Gasteiger charge is -2.28. The van der Waals surface area contributed by atoms with E-state index in [-0.39, 0.29) is 6.10 Å². The highest BCUT2D eigenvalue weighted by Gasteiger charge is 2.38. The fourth-order valence-corrected chi connectivity index (χ4v) is 4.88. The highest BCUT2D eigenvalue weighted by atomic mass is 28.4. The quantitative estimate of drug-likeness (QED) is 0.418. The van der Waals surface area contributed by atoms with Gasteiger partial charge >= 0.3 is 14.5 Å². The molecule has 0 spiro atoms. The Kier molecular flexibility index (Phi) is 6.64. The van der Waals surface area contributed by atoms with E-state index in [2.05, 4.69) is 6.58 Å². The average Bonchev–Trinajstić information content (AvgIpc) is 2.49. The Morgan fingerprint density at radius 1 is 1.30 bits per heavy atom. The molecule has 0 aromatic heterocycles. The van der Waals surface area contributed by atoms with E-state index in [9.17, 15) is 4.79 Å². The van der Waals surface area contributed by atoms with Crippen LogP contribution in [0.15, 0.2) is 43.0 Å². The van der Waals surface area contributed by atoms with Crippen molar-refractivity contribution in [3.8, 4) is 0 Å². The van der Waals surface area contributed by atoms with Gasteiger partial charge in [-0.3, -0.25) is 0 Å². The zero-order valence-electron chi connectivity index (χ0n) is 12.3. The molecule has 110 valence electrons. The van der Waals surface area contributed by atoms with Crippen LogP contribution in [0.1, 0.15) is 13.3 Å². The van der Waals surface area contributed by atoms with Crippen molar-refractivity contribution in [2.75, 3.05) is 14.2 Å². The third kappa shape index (κ3) is 4.30. The topological polar surface area (TPSA) is 44.8 Å². The fraction of sp³-hybridized carbons (Fsp3) is 0.400. The molecule has 0 saturated carbocycles. The first-order chi connectivity index (χ1) is 9.57. The Morgan fingerprint density at radius 2 is 1.90 bits per heavy atom. The van der Waals surface area contributed by atoms with Crippen LogP contribution in [0.5, 0.6) is 0 Å². The van der Waals surface area contributed by atoms with E-state index in [1.54, 1.807) is 14.2 Å². The van der Waals surface area contributed by atoms with Crippen LogP contribution in [0.2, 0.25) is 6.04 Å². The minimum atomic E-state index is -2.46. The summed E-state index contributed by atoms with van der Waals surface area (Å²) < 4.78 is 16.6. The van der Waals surface area contributed by atoms with Gasteiger partial charge in [-0.2, -0.15) is 0 Å². The molecule has 0 aliphatic heterocycles. The molecule has 0 saturated heterocycles. The van der Waals surface area contributed by atoms with Crippen LogP contribution in [0.4, 0.5) is 0 Å². The van der Waals surface area contributed by atoms with Crippen molar-refractivity contribution in [3.63, 3.8) is 0 Å². The summed E-state index contributed by atoms with van der Waals surface area (Å²) in [5.41, 5.74) is 0. The second-order valence-corrected chi connectivity index (χ2v) is 7.92. The molecule has 0 amide bonds. The lowest BCUT2D eigenvalue weighted by Crippen LogP contribution is -2.52. The molecule has 0 aliphatic carbocycles. The molecule has 1 aromatic rings. The first kappa shape index (κ1) is 16.6. The molecule has 1 aromatic carbocycles. The van der Waals surface area contributed by atoms with E-state index in [0.717, 1.165) is 11.2 Å². The van der Waals surface area contributed by atoms with Crippen LogP contribution < -0.4 is 5.19 Å². The molecule has 0 fully saturated rings. The van der Waals surface area contributed by atoms with E-state index >= 15 is 0 Å². The zero-order valence-corrected chi connectivity index (χ0v) is 13.3. The molecular weight excluding hydrogens is 272 g/mol. The number of benzene rings is 1. The molecule has 20 heavy (non-hydrogen) atoms. The van der Waals surface area contributed by atoms with Crippen molar-refractivity contribution in [3.05, 3.63) is 43.0 Å². The van der Waals surface area contributed by atoms with Crippen molar-refractivity contribution >= 4 is 19.7 Å². The maximum absolute atomic E-state index is 11.2. The molecule has 4 nitrogen and oxygen atoms in total. The summed E-state index contributed by atoms with van der Waals surface area (Å²) in [6.07, 6.45) is 1.66. The summed E-state index contributed by atoms with van der Waals surface area (Å²) in [4.78, 5) is 11.2. The van der Waals surface area contributed by atoms with Crippen LogP contribution >= 0.6 is 0 Å². The molecule has 5 heteroatoms. The molecule has 1 unspecified atom stereocenters. The van der Waals surface area contributed by atoms with Gasteiger partial charge in [0.1, 0.15) is 0 Å². The first-order valence-electron chi connectivity index (χ1n) is 6.57. The monoisotopic (exact) mass is 294 g/mol. The third-order valence-electron chi connectivity index (χ3n) is 3.24. The van der Waals surface area contributed by atoms with Gasteiger partial charge in [-0.25, -0.2) is 4.79 Å². The first-order valence-corrected chi connectivity index (χ1v) is 8.59. The van der Waals surface area contributed by atoms with Gasteiger partial charge in [0.05, 0.1) is 6.10 Å². The SMILES string of the molecule is C=CC(=O)OC(C)CC[Si](OC)(OC)c1ccccc1. The number of ether oxygens (including phenoxy) is 1. The number of carbonyl (C=O) groups excluding carboxylic acids is 1. The Bertz CT molecular complexity index is 429. The molecular formula is C15H22O4Si. The van der Waals surface area contributed by atoms with Crippen molar-refractivity contribution in [1.82, 2.24) is 0 Å². The number of rotatable bonds is 8. The van der Waals surface area contributed by atoms with Gasteiger partial charge in [-0.05, 0) is 24.6 Å². The van der Waals surface area contributed by atoms with Gasteiger partial charge in [0.15, 0.2) is 0 Å². The predicted molar refractivity (Wildman–Crippen MR) is 81.0 cm³/mol. The summed E-state index contributed by atoms with van der Waals surface area (Å²) >= 11 is 0. The van der Waals surface area contributed by atoms with Crippen molar-refractivity contribution in [2.24, 2.45) is 0 Å². The summed E-state index contributed by atoms with van der Waals surface area (Å²) in [5, 5.41) is 1.08. The second kappa shape index (κ2) is 7.99. The standard InChI is InChI=1S/C15H22O4Si/c1-5-15(16)19-13(2)11-12-20(17-3,18-4)14-9-7-6-8-10-14/h5-10,13H,1,11-12H2,2-4H3. The number of hydrogen-bond acceptors (Lipinski definition) is 4. The largest absolute Gasteiger partial charge is 0.460 e. The van der Waals surface area contributed by atoms with Crippen LogP contribution in [-0.2, 0) is 18.4 Å². The Morgan fingerprint density at radius 3 is 2.40 bits per heavy atom. The minimum absolute atomic E-state index is 0.193. The molecule has 0 aliphatic rings. The normalized spacial score (nSPS) is 12.8. The maximum atomic E-state index is 11.2. The number of hydrogen-bond donors (Lipinski definition) is 0. The smallest absolute Gasteiger partial charge is 0.372 e. The van der Waals surface area contributed by atoms with Crippen LogP contribution in [0.3, 0.4) is 0 Å². The molecule has 0 N–H and O–H groups in total. The highest BCUT2D eigenvalue weighted by Crippen LogP contribution is 2.17. The molecule has 1 atom stereocenters. The Labute approximate surface area is 121 Å². The van der Waals surface area contributed by atoms with Gasteiger partial charge in [0.2, 0.25) is 0 Å². The van der Waals surface area contributed by atoms with E-state index in [1.165, 1.54) is 6.08 Å². The van der Waals surface area contributed by atoms with E-state index in [1.807, 2.05) is 37.3 Å². The third-order valence-corrected chi connectivity index (χ3v) is 6.72. The van der Waals surface area contributed by atoms with E-state index in [0.29, 0.717) is 6.42 Å². The van der Waals surface area contributed by atoms with E-state index in [4.69, 9.17) is 13.6 Å². The molecule has 0 radical (unpaired) electrons. The Hall–Kier alpha value is -1.43. The lowest BCUT2D eigenvalue weighted by atomic mass is 10.3.